The second-order valence-electron chi connectivity index (χ2n) is 10.9. The molecule has 4 N–H and O–H groups in total. The van der Waals surface area contributed by atoms with E-state index >= 15 is 0 Å². The summed E-state index contributed by atoms with van der Waals surface area (Å²) in [6, 6.07) is 18.1. The number of hydrogen-bond acceptors (Lipinski definition) is 6. The Bertz CT molecular complexity index is 1510. The SMILES string of the molecule is CC(CC(C)(C)COc1ccc(C(=O)Nc2ccc(Cl)c(-c3nc4cc(N(C)C)ccc4[nH]3)c2)cc1)C(=O)NO. The Hall–Kier alpha value is -4.08. The fourth-order valence-corrected chi connectivity index (χ4v) is 4.67. The molecule has 1 heterocycles. The molecule has 0 saturated heterocycles. The lowest BCUT2D eigenvalue weighted by atomic mass is 9.84. The van der Waals surface area contributed by atoms with Gasteiger partial charge in [-0.1, -0.05) is 32.4 Å². The molecule has 0 fully saturated rings. The van der Waals surface area contributed by atoms with Crippen molar-refractivity contribution in [2.45, 2.75) is 27.2 Å². The Morgan fingerprint density at radius 1 is 1.10 bits per heavy atom. The highest BCUT2D eigenvalue weighted by Gasteiger charge is 2.26. The Balaban J connectivity index is 1.42. The zero-order valence-corrected chi connectivity index (χ0v) is 24.0. The van der Waals surface area contributed by atoms with Gasteiger partial charge >= 0.3 is 0 Å². The van der Waals surface area contributed by atoms with E-state index in [4.69, 9.17) is 26.5 Å². The van der Waals surface area contributed by atoms with E-state index in [1.165, 1.54) is 0 Å². The van der Waals surface area contributed by atoms with Crippen LogP contribution < -0.4 is 20.4 Å². The number of nitrogens with one attached hydrogen (secondary N) is 3. The predicted molar refractivity (Wildman–Crippen MR) is 158 cm³/mol. The van der Waals surface area contributed by atoms with Crippen LogP contribution in [-0.4, -0.2) is 47.7 Å². The number of H-pyrrole nitrogens is 1. The number of carbonyl (C=O) groups excluding carboxylic acids is 2. The van der Waals surface area contributed by atoms with Crippen LogP contribution in [0, 0.1) is 11.3 Å². The highest BCUT2D eigenvalue weighted by Crippen LogP contribution is 2.32. The number of hydrogen-bond donors (Lipinski definition) is 4. The molecule has 1 atom stereocenters. The lowest BCUT2D eigenvalue weighted by Crippen LogP contribution is -2.32. The summed E-state index contributed by atoms with van der Waals surface area (Å²) in [7, 11) is 3.95. The fraction of sp³-hybridized carbons (Fsp3) is 0.300. The molecule has 10 heteroatoms. The summed E-state index contributed by atoms with van der Waals surface area (Å²) in [4.78, 5) is 34.6. The van der Waals surface area contributed by atoms with Gasteiger partial charge in [-0.15, -0.1) is 0 Å². The number of hydroxylamine groups is 1. The first-order valence-electron chi connectivity index (χ1n) is 12.9. The molecule has 4 aromatic rings. The number of fused-ring (bicyclic) bond motifs is 1. The van der Waals surface area contributed by atoms with E-state index in [0.29, 0.717) is 46.4 Å². The summed E-state index contributed by atoms with van der Waals surface area (Å²) in [5.74, 6) is 0.172. The van der Waals surface area contributed by atoms with Crippen LogP contribution in [0.4, 0.5) is 11.4 Å². The molecule has 0 bridgehead atoms. The number of amides is 2. The van der Waals surface area contributed by atoms with Crippen LogP contribution in [0.2, 0.25) is 5.02 Å². The second-order valence-corrected chi connectivity index (χ2v) is 11.3. The third kappa shape index (κ3) is 6.91. The molecule has 0 aliphatic carbocycles. The van der Waals surface area contributed by atoms with Gasteiger partial charge in [0.05, 0.1) is 22.7 Å². The molecule has 1 aromatic heterocycles. The number of rotatable bonds is 10. The van der Waals surface area contributed by atoms with Gasteiger partial charge in [-0.3, -0.25) is 14.8 Å². The summed E-state index contributed by atoms with van der Waals surface area (Å²) in [5.41, 5.74) is 5.87. The maximum Gasteiger partial charge on any atom is 0.255 e. The summed E-state index contributed by atoms with van der Waals surface area (Å²) in [6.07, 6.45) is 0.536. The fourth-order valence-electron chi connectivity index (χ4n) is 4.46. The molecule has 0 radical (unpaired) electrons. The first-order chi connectivity index (χ1) is 19.0. The molecule has 3 aromatic carbocycles. The minimum Gasteiger partial charge on any atom is -0.493 e. The van der Waals surface area contributed by atoms with E-state index < -0.39 is 5.91 Å². The normalized spacial score (nSPS) is 12.2. The zero-order chi connectivity index (χ0) is 29.0. The van der Waals surface area contributed by atoms with Gasteiger partial charge in [0.2, 0.25) is 5.91 Å². The Morgan fingerprint density at radius 3 is 2.50 bits per heavy atom. The van der Waals surface area contributed by atoms with Crippen molar-refractivity contribution in [1.29, 1.82) is 0 Å². The standard InChI is InChI=1S/C30H34ClN5O4/c1-18(28(37)35-39)16-30(2,3)17-40-22-10-6-19(7-11-22)29(38)32-20-8-12-24(31)23(14-20)27-33-25-13-9-21(36(4)5)15-26(25)34-27/h6-15,18,39H,16-17H2,1-5H3,(H,32,38)(H,33,34)(H,35,37). The average Bonchev–Trinajstić information content (AvgIpc) is 3.35. The van der Waals surface area contributed by atoms with Crippen LogP contribution >= 0.6 is 11.6 Å². The molecule has 0 spiro atoms. The van der Waals surface area contributed by atoms with Crippen LogP contribution in [0.1, 0.15) is 37.6 Å². The number of anilines is 2. The third-order valence-corrected chi connectivity index (χ3v) is 6.95. The molecule has 1 unspecified atom stereocenters. The van der Waals surface area contributed by atoms with Crippen molar-refractivity contribution in [3.05, 3.63) is 71.2 Å². The van der Waals surface area contributed by atoms with E-state index in [9.17, 15) is 9.59 Å². The molecule has 0 aliphatic heterocycles. The maximum absolute atomic E-state index is 13.0. The molecule has 0 aliphatic rings. The number of ether oxygens (including phenoxy) is 1. The lowest BCUT2D eigenvalue weighted by molar-refractivity contribution is -0.134. The van der Waals surface area contributed by atoms with Crippen molar-refractivity contribution in [2.24, 2.45) is 11.3 Å². The van der Waals surface area contributed by atoms with Crippen molar-refractivity contribution in [3.8, 4) is 17.1 Å². The van der Waals surface area contributed by atoms with Crippen molar-refractivity contribution in [2.75, 3.05) is 30.9 Å². The van der Waals surface area contributed by atoms with Gasteiger partial charge in [0, 0.05) is 42.5 Å². The second kappa shape index (κ2) is 12.0. The van der Waals surface area contributed by atoms with Gasteiger partial charge in [-0.2, -0.15) is 0 Å². The van der Waals surface area contributed by atoms with Crippen molar-refractivity contribution in [3.63, 3.8) is 0 Å². The highest BCUT2D eigenvalue weighted by atomic mass is 35.5. The van der Waals surface area contributed by atoms with Crippen LogP contribution in [0.15, 0.2) is 60.7 Å². The number of aromatic nitrogens is 2. The predicted octanol–water partition coefficient (Wildman–Crippen LogP) is 6.14. The van der Waals surface area contributed by atoms with Gasteiger partial charge in [0.25, 0.3) is 5.91 Å². The van der Waals surface area contributed by atoms with Crippen molar-refractivity contribution in [1.82, 2.24) is 15.4 Å². The highest BCUT2D eigenvalue weighted by molar-refractivity contribution is 6.33. The first-order valence-corrected chi connectivity index (χ1v) is 13.3. The average molecular weight is 564 g/mol. The smallest absolute Gasteiger partial charge is 0.255 e. The van der Waals surface area contributed by atoms with E-state index in [2.05, 4.69) is 10.3 Å². The quantitative estimate of drug-likeness (QED) is 0.136. The number of imidazole rings is 1. The molecular weight excluding hydrogens is 530 g/mol. The minimum atomic E-state index is -0.424. The van der Waals surface area contributed by atoms with Crippen molar-refractivity contribution >= 4 is 45.8 Å². The minimum absolute atomic E-state index is 0.274. The molecule has 4 rings (SSSR count). The monoisotopic (exact) mass is 563 g/mol. The number of nitrogens with zero attached hydrogens (tertiary/aromatic N) is 2. The van der Waals surface area contributed by atoms with Crippen LogP contribution in [0.5, 0.6) is 5.75 Å². The van der Waals surface area contributed by atoms with E-state index in [1.807, 2.05) is 51.0 Å². The topological polar surface area (TPSA) is 120 Å². The van der Waals surface area contributed by atoms with Gasteiger partial charge in [0.1, 0.15) is 11.6 Å². The Labute approximate surface area is 238 Å². The summed E-state index contributed by atoms with van der Waals surface area (Å²) < 4.78 is 5.91. The molecule has 0 saturated carbocycles. The number of benzene rings is 3. The number of carbonyl (C=O) groups is 2. The number of aromatic amines is 1. The van der Waals surface area contributed by atoms with Crippen molar-refractivity contribution < 1.29 is 19.5 Å². The Morgan fingerprint density at radius 2 is 1.82 bits per heavy atom. The summed E-state index contributed by atoms with van der Waals surface area (Å²) in [6.45, 7) is 6.10. The van der Waals surface area contributed by atoms with Gasteiger partial charge in [0.15, 0.2) is 0 Å². The number of halogens is 1. The third-order valence-electron chi connectivity index (χ3n) is 6.63. The van der Waals surface area contributed by atoms with Gasteiger partial charge < -0.3 is 19.9 Å². The zero-order valence-electron chi connectivity index (χ0n) is 23.2. The molecule has 210 valence electrons. The van der Waals surface area contributed by atoms with Gasteiger partial charge in [-0.25, -0.2) is 10.5 Å². The molecular formula is C30H34ClN5O4. The van der Waals surface area contributed by atoms with Crippen LogP contribution in [0.25, 0.3) is 22.4 Å². The summed E-state index contributed by atoms with van der Waals surface area (Å²) >= 11 is 6.50. The first kappa shape index (κ1) is 28.9. The maximum atomic E-state index is 13.0. The summed E-state index contributed by atoms with van der Waals surface area (Å²) in [5, 5.41) is 12.3. The molecule has 2 amide bonds. The Kier molecular flexibility index (Phi) is 8.66. The van der Waals surface area contributed by atoms with E-state index in [1.54, 1.807) is 54.9 Å². The van der Waals surface area contributed by atoms with E-state index in [0.717, 1.165) is 16.7 Å². The molecule has 40 heavy (non-hydrogen) atoms. The largest absolute Gasteiger partial charge is 0.493 e. The van der Waals surface area contributed by atoms with Crippen LogP contribution in [-0.2, 0) is 4.79 Å². The molecule has 9 nitrogen and oxygen atoms in total. The lowest BCUT2D eigenvalue weighted by Gasteiger charge is -2.27. The van der Waals surface area contributed by atoms with Gasteiger partial charge in [-0.05, 0) is 72.5 Å². The van der Waals surface area contributed by atoms with Crippen LogP contribution in [0.3, 0.4) is 0 Å². The van der Waals surface area contributed by atoms with E-state index in [-0.39, 0.29) is 17.2 Å².